The van der Waals surface area contributed by atoms with Gasteiger partial charge in [0.15, 0.2) is 0 Å². The summed E-state index contributed by atoms with van der Waals surface area (Å²) in [6.45, 7) is 5.84. The van der Waals surface area contributed by atoms with Crippen LogP contribution < -0.4 is 5.73 Å². The van der Waals surface area contributed by atoms with Crippen molar-refractivity contribution in [3.63, 3.8) is 0 Å². The highest BCUT2D eigenvalue weighted by Crippen LogP contribution is 2.21. The normalized spacial score (nSPS) is 11.3. The Kier molecular flexibility index (Phi) is 3.81. The van der Waals surface area contributed by atoms with E-state index in [1.54, 1.807) is 13.0 Å². The Morgan fingerprint density at radius 2 is 2.22 bits per heavy atom. The maximum absolute atomic E-state index is 13.4. The van der Waals surface area contributed by atoms with Crippen molar-refractivity contribution in [2.24, 2.45) is 0 Å². The summed E-state index contributed by atoms with van der Waals surface area (Å²) in [5.41, 5.74) is 7.94. The highest BCUT2D eigenvalue weighted by molar-refractivity contribution is 5.79. The predicted molar refractivity (Wildman–Crippen MR) is 70.0 cm³/mol. The molecule has 0 saturated carbocycles. The fourth-order valence-electron chi connectivity index (χ4n) is 1.97. The Labute approximate surface area is 106 Å². The van der Waals surface area contributed by atoms with Gasteiger partial charge in [-0.15, -0.1) is 0 Å². The van der Waals surface area contributed by atoms with E-state index in [9.17, 15) is 4.39 Å². The summed E-state index contributed by atoms with van der Waals surface area (Å²) in [4.78, 5) is 4.17. The first-order chi connectivity index (χ1) is 8.63. The van der Waals surface area contributed by atoms with Gasteiger partial charge in [0.05, 0.1) is 11.0 Å². The Morgan fingerprint density at radius 3 is 2.94 bits per heavy atom. The van der Waals surface area contributed by atoms with E-state index < -0.39 is 0 Å². The number of anilines is 1. The molecule has 0 aliphatic carbocycles. The highest BCUT2D eigenvalue weighted by Gasteiger charge is 2.10. The van der Waals surface area contributed by atoms with Gasteiger partial charge in [-0.25, -0.2) is 9.37 Å². The topological polar surface area (TPSA) is 53.1 Å². The van der Waals surface area contributed by atoms with Crippen LogP contribution in [0.2, 0.25) is 0 Å². The molecule has 18 heavy (non-hydrogen) atoms. The Morgan fingerprint density at radius 1 is 1.44 bits per heavy atom. The van der Waals surface area contributed by atoms with E-state index in [0.29, 0.717) is 30.2 Å². The number of rotatable bonds is 5. The average molecular weight is 251 g/mol. The number of halogens is 1. The molecule has 0 atom stereocenters. The van der Waals surface area contributed by atoms with E-state index in [-0.39, 0.29) is 5.82 Å². The molecular formula is C13H18FN3O. The van der Waals surface area contributed by atoms with E-state index in [0.717, 1.165) is 18.5 Å². The summed E-state index contributed by atoms with van der Waals surface area (Å²) in [5, 5.41) is 0. The monoisotopic (exact) mass is 251 g/mol. The van der Waals surface area contributed by atoms with Crippen molar-refractivity contribution in [1.29, 1.82) is 0 Å². The molecule has 1 aromatic heterocycles. The van der Waals surface area contributed by atoms with Gasteiger partial charge in [0.25, 0.3) is 0 Å². The molecule has 0 fully saturated rings. The number of imidazole rings is 1. The van der Waals surface area contributed by atoms with Crippen molar-refractivity contribution in [3.8, 4) is 0 Å². The van der Waals surface area contributed by atoms with Crippen LogP contribution in [0.25, 0.3) is 11.0 Å². The number of nitrogens with two attached hydrogens (primary N) is 1. The predicted octanol–water partition coefficient (Wildman–Crippen LogP) is 2.49. The number of nitrogens with zero attached hydrogens (tertiary/aromatic N) is 2. The molecule has 0 aliphatic heterocycles. The molecule has 2 aromatic rings. The van der Waals surface area contributed by atoms with Crippen LogP contribution in [-0.4, -0.2) is 22.8 Å². The SMILES string of the molecule is CCOCCCn1c(N)nc2cc(F)c(C)cc21. The summed E-state index contributed by atoms with van der Waals surface area (Å²) < 4.78 is 20.6. The number of hydrogen-bond acceptors (Lipinski definition) is 3. The number of ether oxygens (including phenoxy) is 1. The molecule has 0 unspecified atom stereocenters. The van der Waals surface area contributed by atoms with E-state index in [1.165, 1.54) is 6.07 Å². The lowest BCUT2D eigenvalue weighted by atomic mass is 10.2. The molecule has 1 aromatic carbocycles. The van der Waals surface area contributed by atoms with Crippen molar-refractivity contribution in [2.75, 3.05) is 18.9 Å². The summed E-state index contributed by atoms with van der Waals surface area (Å²) in [7, 11) is 0. The van der Waals surface area contributed by atoms with Crippen LogP contribution in [-0.2, 0) is 11.3 Å². The lowest BCUT2D eigenvalue weighted by Gasteiger charge is -2.07. The molecule has 0 aliphatic rings. The Balaban J connectivity index is 2.26. The number of aryl methyl sites for hydroxylation is 2. The van der Waals surface area contributed by atoms with Gasteiger partial charge in [-0.3, -0.25) is 0 Å². The number of hydrogen-bond donors (Lipinski definition) is 1. The molecule has 0 amide bonds. The molecule has 2 rings (SSSR count). The van der Waals surface area contributed by atoms with E-state index in [1.807, 2.05) is 11.5 Å². The molecular weight excluding hydrogens is 233 g/mol. The standard InChI is InChI=1S/C13H18FN3O/c1-3-18-6-4-5-17-12-7-9(2)10(14)8-11(12)16-13(17)15/h7-8H,3-6H2,1-2H3,(H2,15,16). The minimum atomic E-state index is -0.249. The number of nitrogen functional groups attached to an aromatic ring is 1. The first kappa shape index (κ1) is 12.8. The minimum Gasteiger partial charge on any atom is -0.382 e. The maximum Gasteiger partial charge on any atom is 0.201 e. The second-order valence-corrected chi connectivity index (χ2v) is 4.26. The minimum absolute atomic E-state index is 0.249. The summed E-state index contributed by atoms with van der Waals surface area (Å²) in [5.74, 6) is 0.174. The van der Waals surface area contributed by atoms with E-state index in [4.69, 9.17) is 10.5 Å². The second-order valence-electron chi connectivity index (χ2n) is 4.26. The van der Waals surface area contributed by atoms with Gasteiger partial charge >= 0.3 is 0 Å². The molecule has 1 heterocycles. The molecule has 2 N–H and O–H groups in total. The van der Waals surface area contributed by atoms with Crippen LogP contribution in [0.3, 0.4) is 0 Å². The maximum atomic E-state index is 13.4. The van der Waals surface area contributed by atoms with Crippen molar-refractivity contribution in [3.05, 3.63) is 23.5 Å². The summed E-state index contributed by atoms with van der Waals surface area (Å²) >= 11 is 0. The van der Waals surface area contributed by atoms with Crippen LogP contribution >= 0.6 is 0 Å². The number of aromatic nitrogens is 2. The summed E-state index contributed by atoms with van der Waals surface area (Å²) in [6.07, 6.45) is 0.861. The van der Waals surface area contributed by atoms with Gasteiger partial charge in [-0.1, -0.05) is 0 Å². The molecule has 98 valence electrons. The quantitative estimate of drug-likeness (QED) is 0.831. The van der Waals surface area contributed by atoms with Crippen molar-refractivity contribution in [1.82, 2.24) is 9.55 Å². The smallest absolute Gasteiger partial charge is 0.201 e. The van der Waals surface area contributed by atoms with Gasteiger partial charge in [-0.05, 0) is 31.9 Å². The largest absolute Gasteiger partial charge is 0.382 e. The van der Waals surface area contributed by atoms with Crippen LogP contribution in [0.5, 0.6) is 0 Å². The molecule has 0 spiro atoms. The van der Waals surface area contributed by atoms with Crippen LogP contribution in [0.1, 0.15) is 18.9 Å². The highest BCUT2D eigenvalue weighted by atomic mass is 19.1. The van der Waals surface area contributed by atoms with E-state index >= 15 is 0 Å². The third kappa shape index (κ3) is 2.46. The zero-order chi connectivity index (χ0) is 13.1. The Bertz CT molecular complexity index is 551. The first-order valence-corrected chi connectivity index (χ1v) is 6.13. The first-order valence-electron chi connectivity index (χ1n) is 6.13. The lowest BCUT2D eigenvalue weighted by molar-refractivity contribution is 0.142. The fraction of sp³-hybridized carbons (Fsp3) is 0.462. The third-order valence-electron chi connectivity index (χ3n) is 2.93. The van der Waals surface area contributed by atoms with Gasteiger partial charge in [-0.2, -0.15) is 0 Å². The average Bonchev–Trinajstić information content (AvgIpc) is 2.62. The zero-order valence-corrected chi connectivity index (χ0v) is 10.7. The summed E-state index contributed by atoms with van der Waals surface area (Å²) in [6, 6.07) is 3.22. The Hall–Kier alpha value is -1.62. The molecule has 0 bridgehead atoms. The van der Waals surface area contributed by atoms with Crippen LogP contribution in [0.15, 0.2) is 12.1 Å². The van der Waals surface area contributed by atoms with Crippen LogP contribution in [0, 0.1) is 12.7 Å². The van der Waals surface area contributed by atoms with Crippen molar-refractivity contribution >= 4 is 17.0 Å². The third-order valence-corrected chi connectivity index (χ3v) is 2.93. The fourth-order valence-corrected chi connectivity index (χ4v) is 1.97. The number of benzene rings is 1. The van der Waals surface area contributed by atoms with Crippen molar-refractivity contribution in [2.45, 2.75) is 26.8 Å². The molecule has 4 nitrogen and oxygen atoms in total. The second kappa shape index (κ2) is 5.35. The number of fused-ring (bicyclic) bond motifs is 1. The van der Waals surface area contributed by atoms with E-state index in [2.05, 4.69) is 4.98 Å². The van der Waals surface area contributed by atoms with Gasteiger partial charge in [0.2, 0.25) is 5.95 Å². The molecule has 0 radical (unpaired) electrons. The van der Waals surface area contributed by atoms with Gasteiger partial charge in [0.1, 0.15) is 5.82 Å². The van der Waals surface area contributed by atoms with Crippen molar-refractivity contribution < 1.29 is 9.13 Å². The van der Waals surface area contributed by atoms with Gasteiger partial charge < -0.3 is 15.0 Å². The zero-order valence-electron chi connectivity index (χ0n) is 10.7. The lowest BCUT2D eigenvalue weighted by Crippen LogP contribution is -2.06. The van der Waals surface area contributed by atoms with Crippen LogP contribution in [0.4, 0.5) is 10.3 Å². The van der Waals surface area contributed by atoms with Gasteiger partial charge in [0, 0.05) is 25.8 Å². The molecule has 5 heteroatoms. The molecule has 0 saturated heterocycles.